The highest BCUT2D eigenvalue weighted by molar-refractivity contribution is 6.01. The number of hydrogen-bond acceptors (Lipinski definition) is 5. The number of carbonyl (C=O) groups is 3. The molecule has 1 saturated carbocycles. The Bertz CT molecular complexity index is 1330. The molecule has 0 heterocycles. The molecule has 0 aromatic heterocycles. The summed E-state index contributed by atoms with van der Waals surface area (Å²) in [5, 5.41) is 15.1. The maximum Gasteiger partial charge on any atom is 0.337 e. The van der Waals surface area contributed by atoms with Crippen LogP contribution in [-0.2, 0) is 16.0 Å². The van der Waals surface area contributed by atoms with Gasteiger partial charge in [0.25, 0.3) is 0 Å². The van der Waals surface area contributed by atoms with Crippen LogP contribution in [0.1, 0.15) is 66.9 Å². The smallest absolute Gasteiger partial charge is 0.337 e. The van der Waals surface area contributed by atoms with Gasteiger partial charge in [0.05, 0.1) is 23.8 Å². The van der Waals surface area contributed by atoms with Crippen molar-refractivity contribution in [2.75, 3.05) is 5.32 Å². The molecule has 0 spiro atoms. The Kier molecular flexibility index (Phi) is 9.78. The van der Waals surface area contributed by atoms with Gasteiger partial charge in [-0.25, -0.2) is 4.79 Å². The first-order chi connectivity index (χ1) is 19.3. The van der Waals surface area contributed by atoms with Crippen LogP contribution in [0.25, 0.3) is 0 Å². The van der Waals surface area contributed by atoms with Crippen LogP contribution < -0.4 is 20.1 Å². The number of nitrogens with one attached hydrogen (secondary N) is 2. The number of amides is 2. The zero-order valence-electron chi connectivity index (χ0n) is 22.9. The Morgan fingerprint density at radius 1 is 0.900 bits per heavy atom. The number of para-hydroxylation sites is 1. The molecule has 3 N–H and O–H groups in total. The van der Waals surface area contributed by atoms with Gasteiger partial charge >= 0.3 is 5.97 Å². The molecule has 8 nitrogen and oxygen atoms in total. The van der Waals surface area contributed by atoms with Crippen molar-refractivity contribution in [1.29, 1.82) is 0 Å². The summed E-state index contributed by atoms with van der Waals surface area (Å²) in [5.41, 5.74) is 2.04. The molecule has 3 aromatic rings. The number of rotatable bonds is 11. The third kappa shape index (κ3) is 8.09. The lowest BCUT2D eigenvalue weighted by Crippen LogP contribution is -2.39. The third-order valence-electron chi connectivity index (χ3n) is 6.91. The Morgan fingerprint density at radius 3 is 2.27 bits per heavy atom. The molecule has 1 aliphatic rings. The zero-order valence-corrected chi connectivity index (χ0v) is 22.9. The van der Waals surface area contributed by atoms with Crippen molar-refractivity contribution < 1.29 is 29.0 Å². The minimum absolute atomic E-state index is 0.0477. The number of hydrogen-bond donors (Lipinski definition) is 3. The summed E-state index contributed by atoms with van der Waals surface area (Å²) in [7, 11) is 0. The summed E-state index contributed by atoms with van der Waals surface area (Å²) in [4.78, 5) is 35.7. The molecule has 0 saturated heterocycles. The number of benzene rings is 3. The first-order valence-electron chi connectivity index (χ1n) is 13.8. The van der Waals surface area contributed by atoms with Gasteiger partial charge in [-0.3, -0.25) is 9.59 Å². The van der Waals surface area contributed by atoms with Crippen LogP contribution in [0, 0.1) is 6.92 Å². The van der Waals surface area contributed by atoms with Crippen LogP contribution >= 0.6 is 0 Å². The molecule has 0 bridgehead atoms. The highest BCUT2D eigenvalue weighted by Crippen LogP contribution is 2.31. The number of aromatic carboxylic acids is 1. The molecule has 3 aromatic carbocycles. The van der Waals surface area contributed by atoms with Crippen molar-refractivity contribution in [3.63, 3.8) is 0 Å². The van der Waals surface area contributed by atoms with Crippen molar-refractivity contribution in [1.82, 2.24) is 5.32 Å². The minimum Gasteiger partial charge on any atom is -0.490 e. The Hall–Kier alpha value is -4.33. The quantitative estimate of drug-likeness (QED) is 0.262. The van der Waals surface area contributed by atoms with E-state index in [1.165, 1.54) is 6.07 Å². The van der Waals surface area contributed by atoms with Crippen LogP contribution in [-0.4, -0.2) is 35.0 Å². The average Bonchev–Trinajstić information content (AvgIpc) is 2.92. The lowest BCUT2D eigenvalue weighted by molar-refractivity contribution is -0.122. The summed E-state index contributed by atoms with van der Waals surface area (Å²) < 4.78 is 12.3. The van der Waals surface area contributed by atoms with Crippen molar-refractivity contribution in [2.24, 2.45) is 0 Å². The van der Waals surface area contributed by atoms with E-state index in [4.69, 9.17) is 9.47 Å². The van der Waals surface area contributed by atoms with Crippen LogP contribution in [0.4, 0.5) is 5.69 Å². The van der Waals surface area contributed by atoms with Crippen molar-refractivity contribution in [2.45, 2.75) is 70.9 Å². The second-order valence-corrected chi connectivity index (χ2v) is 10.2. The maximum absolute atomic E-state index is 12.5. The summed E-state index contributed by atoms with van der Waals surface area (Å²) >= 11 is 0. The van der Waals surface area contributed by atoms with E-state index in [1.807, 2.05) is 44.2 Å². The number of carboxylic acids is 1. The van der Waals surface area contributed by atoms with E-state index in [2.05, 4.69) is 10.6 Å². The third-order valence-corrected chi connectivity index (χ3v) is 6.91. The van der Waals surface area contributed by atoms with Gasteiger partial charge in [0.2, 0.25) is 11.8 Å². The highest BCUT2D eigenvalue weighted by Gasteiger charge is 2.23. The summed E-state index contributed by atoms with van der Waals surface area (Å²) in [6.07, 6.45) is 5.34. The van der Waals surface area contributed by atoms with Crippen LogP contribution in [0.15, 0.2) is 66.7 Å². The van der Waals surface area contributed by atoms with E-state index in [-0.39, 0.29) is 41.6 Å². The lowest BCUT2D eigenvalue weighted by atomic mass is 9.92. The van der Waals surface area contributed by atoms with Gasteiger partial charge in [-0.1, -0.05) is 31.2 Å². The molecule has 0 atom stereocenters. The predicted molar refractivity (Wildman–Crippen MR) is 153 cm³/mol. The maximum atomic E-state index is 12.5. The molecule has 0 radical (unpaired) electrons. The lowest BCUT2D eigenvalue weighted by Gasteiger charge is -2.29. The van der Waals surface area contributed by atoms with Crippen molar-refractivity contribution >= 4 is 23.5 Å². The van der Waals surface area contributed by atoms with Crippen LogP contribution in [0.5, 0.6) is 17.2 Å². The van der Waals surface area contributed by atoms with E-state index >= 15 is 0 Å². The second kappa shape index (κ2) is 13.6. The SMILES string of the molecule is CCCC(=O)NC1CCC(Oc2ccc(Oc3ccc(CC(=O)Nc4ccccc4C(=O)O)cc3)c(C)c2)CC1. The minimum atomic E-state index is -1.09. The number of ether oxygens (including phenoxy) is 2. The molecule has 40 heavy (non-hydrogen) atoms. The van der Waals surface area contributed by atoms with E-state index in [0.717, 1.165) is 49.0 Å². The van der Waals surface area contributed by atoms with E-state index in [9.17, 15) is 19.5 Å². The molecular formula is C32H36N2O6. The number of anilines is 1. The van der Waals surface area contributed by atoms with Crippen molar-refractivity contribution in [3.8, 4) is 17.2 Å². The van der Waals surface area contributed by atoms with Gasteiger partial charge in [0.1, 0.15) is 17.2 Å². The summed E-state index contributed by atoms with van der Waals surface area (Å²) in [5.74, 6) is 0.893. The Labute approximate surface area is 234 Å². The molecule has 0 aliphatic heterocycles. The number of carbonyl (C=O) groups excluding carboxylic acids is 2. The zero-order chi connectivity index (χ0) is 28.5. The molecule has 8 heteroatoms. The van der Waals surface area contributed by atoms with Gasteiger partial charge in [-0.2, -0.15) is 0 Å². The van der Waals surface area contributed by atoms with Gasteiger partial charge in [-0.05, 0) is 92.6 Å². The molecule has 210 valence electrons. The first kappa shape index (κ1) is 28.7. The van der Waals surface area contributed by atoms with Crippen molar-refractivity contribution in [3.05, 3.63) is 83.4 Å². The fourth-order valence-electron chi connectivity index (χ4n) is 4.81. The number of aryl methyl sites for hydroxylation is 1. The normalized spacial score (nSPS) is 16.6. The molecule has 1 fully saturated rings. The summed E-state index contributed by atoms with van der Waals surface area (Å²) in [6, 6.07) is 19.5. The highest BCUT2D eigenvalue weighted by atomic mass is 16.5. The largest absolute Gasteiger partial charge is 0.490 e. The molecule has 2 amide bonds. The van der Waals surface area contributed by atoms with Crippen LogP contribution in [0.3, 0.4) is 0 Å². The van der Waals surface area contributed by atoms with Gasteiger partial charge < -0.3 is 25.2 Å². The van der Waals surface area contributed by atoms with E-state index in [1.54, 1.807) is 30.3 Å². The first-order valence-corrected chi connectivity index (χ1v) is 13.8. The summed E-state index contributed by atoms with van der Waals surface area (Å²) in [6.45, 7) is 3.98. The fraction of sp³-hybridized carbons (Fsp3) is 0.344. The van der Waals surface area contributed by atoms with Gasteiger partial charge in [0.15, 0.2) is 0 Å². The van der Waals surface area contributed by atoms with E-state index < -0.39 is 5.97 Å². The molecule has 1 aliphatic carbocycles. The average molecular weight is 545 g/mol. The monoisotopic (exact) mass is 544 g/mol. The van der Waals surface area contributed by atoms with E-state index in [0.29, 0.717) is 17.9 Å². The topological polar surface area (TPSA) is 114 Å². The fourth-order valence-corrected chi connectivity index (χ4v) is 4.81. The van der Waals surface area contributed by atoms with Gasteiger partial charge in [-0.15, -0.1) is 0 Å². The standard InChI is InChI=1S/C32H36N2O6/c1-3-6-30(35)33-23-11-15-24(16-12-23)39-26-17-18-29(21(2)19-26)40-25-13-9-22(10-14-25)20-31(36)34-28-8-5-4-7-27(28)32(37)38/h4-5,7-10,13-14,17-19,23-24H,3,6,11-12,15-16,20H2,1-2H3,(H,33,35)(H,34,36)(H,37,38). The van der Waals surface area contributed by atoms with Crippen LogP contribution in [0.2, 0.25) is 0 Å². The Balaban J connectivity index is 1.27. The molecule has 0 unspecified atom stereocenters. The molecule has 4 rings (SSSR count). The molecular weight excluding hydrogens is 508 g/mol. The van der Waals surface area contributed by atoms with Gasteiger partial charge in [0, 0.05) is 12.5 Å². The predicted octanol–water partition coefficient (Wildman–Crippen LogP) is 6.27. The number of carboxylic acid groups (broad SMARTS) is 1. The second-order valence-electron chi connectivity index (χ2n) is 10.2. The Morgan fingerprint density at radius 2 is 1.60 bits per heavy atom.